The van der Waals surface area contributed by atoms with Gasteiger partial charge < -0.3 is 15.8 Å². The van der Waals surface area contributed by atoms with E-state index in [4.69, 9.17) is 10.5 Å². The second-order valence-corrected chi connectivity index (χ2v) is 4.30. The van der Waals surface area contributed by atoms with Gasteiger partial charge in [0.25, 0.3) is 5.91 Å². The maximum Gasteiger partial charge on any atom is 0.321 e. The van der Waals surface area contributed by atoms with Crippen molar-refractivity contribution in [2.75, 3.05) is 7.05 Å². The van der Waals surface area contributed by atoms with Gasteiger partial charge in [0.1, 0.15) is 11.6 Å². The first-order valence-electron chi connectivity index (χ1n) is 6.09. The highest BCUT2D eigenvalue weighted by atomic mass is 19.1. The number of hydrogen-bond donors (Lipinski definition) is 3. The number of rotatable bonds is 4. The van der Waals surface area contributed by atoms with Crippen molar-refractivity contribution in [3.63, 3.8) is 0 Å². The molecule has 0 spiro atoms. The Balaban J connectivity index is 2.82. The Bertz CT molecular complexity index is 506. The van der Waals surface area contributed by atoms with Crippen molar-refractivity contribution < 1.29 is 18.7 Å². The molecule has 0 aromatic heterocycles. The molecule has 110 valence electrons. The summed E-state index contributed by atoms with van der Waals surface area (Å²) in [5.41, 5.74) is 6.17. The van der Waals surface area contributed by atoms with Crippen molar-refractivity contribution in [1.29, 1.82) is 0 Å². The molecule has 1 unspecified atom stereocenters. The molecule has 0 saturated carbocycles. The third-order valence-electron chi connectivity index (χ3n) is 2.60. The Morgan fingerprint density at radius 3 is 2.55 bits per heavy atom. The fraction of sp³-hybridized carbons (Fsp3) is 0.385. The Morgan fingerprint density at radius 2 is 2.00 bits per heavy atom. The van der Waals surface area contributed by atoms with Gasteiger partial charge in [-0.2, -0.15) is 0 Å². The molecule has 0 aliphatic rings. The summed E-state index contributed by atoms with van der Waals surface area (Å²) in [7, 11) is 1.39. The van der Waals surface area contributed by atoms with E-state index in [1.807, 2.05) is 0 Å². The summed E-state index contributed by atoms with van der Waals surface area (Å²) in [5, 5.41) is 4.35. The van der Waals surface area contributed by atoms with Gasteiger partial charge >= 0.3 is 6.03 Å². The first kappa shape index (κ1) is 15.9. The minimum atomic E-state index is -0.921. The molecule has 20 heavy (non-hydrogen) atoms. The summed E-state index contributed by atoms with van der Waals surface area (Å²) in [6.45, 7) is 3.16. The SMILES string of the molecule is CNC(=O)NC(=O)C(C)Oc1ccc(F)cc1[C@H](C)N. The molecule has 2 atom stereocenters. The van der Waals surface area contributed by atoms with Crippen molar-refractivity contribution in [2.45, 2.75) is 26.0 Å². The number of benzene rings is 1. The molecule has 7 heteroatoms. The quantitative estimate of drug-likeness (QED) is 0.770. The zero-order valence-electron chi connectivity index (χ0n) is 11.6. The van der Waals surface area contributed by atoms with Crippen LogP contribution in [-0.2, 0) is 4.79 Å². The van der Waals surface area contributed by atoms with Gasteiger partial charge in [0.15, 0.2) is 6.10 Å². The van der Waals surface area contributed by atoms with E-state index in [1.54, 1.807) is 6.92 Å². The molecule has 0 fully saturated rings. The number of urea groups is 1. The van der Waals surface area contributed by atoms with Crippen LogP contribution in [0.1, 0.15) is 25.5 Å². The molecule has 0 aliphatic heterocycles. The Morgan fingerprint density at radius 1 is 1.35 bits per heavy atom. The van der Waals surface area contributed by atoms with Crippen LogP contribution in [0, 0.1) is 5.82 Å². The molecule has 0 saturated heterocycles. The molecule has 0 heterocycles. The molecule has 3 amide bonds. The van der Waals surface area contributed by atoms with Gasteiger partial charge in [-0.1, -0.05) is 0 Å². The van der Waals surface area contributed by atoms with Crippen LogP contribution in [0.2, 0.25) is 0 Å². The van der Waals surface area contributed by atoms with E-state index in [2.05, 4.69) is 10.6 Å². The van der Waals surface area contributed by atoms with Crippen molar-refractivity contribution in [3.8, 4) is 5.75 Å². The van der Waals surface area contributed by atoms with Crippen molar-refractivity contribution in [2.24, 2.45) is 5.73 Å². The number of carbonyl (C=O) groups is 2. The van der Waals surface area contributed by atoms with E-state index in [-0.39, 0.29) is 0 Å². The van der Waals surface area contributed by atoms with Crippen LogP contribution in [-0.4, -0.2) is 25.1 Å². The van der Waals surface area contributed by atoms with Crippen LogP contribution in [0.25, 0.3) is 0 Å². The molecule has 1 aromatic rings. The topological polar surface area (TPSA) is 93.5 Å². The largest absolute Gasteiger partial charge is 0.481 e. The van der Waals surface area contributed by atoms with Gasteiger partial charge in [-0.05, 0) is 32.0 Å². The number of nitrogens with two attached hydrogens (primary N) is 1. The Kier molecular flexibility index (Phi) is 5.45. The fourth-order valence-electron chi connectivity index (χ4n) is 1.50. The van der Waals surface area contributed by atoms with E-state index in [0.29, 0.717) is 11.3 Å². The van der Waals surface area contributed by atoms with Crippen LogP contribution in [0.15, 0.2) is 18.2 Å². The third kappa shape index (κ3) is 4.20. The van der Waals surface area contributed by atoms with Crippen LogP contribution in [0.3, 0.4) is 0 Å². The van der Waals surface area contributed by atoms with Crippen molar-refractivity contribution in [1.82, 2.24) is 10.6 Å². The molecular weight excluding hydrogens is 265 g/mol. The van der Waals surface area contributed by atoms with E-state index >= 15 is 0 Å². The molecule has 0 radical (unpaired) electrons. The third-order valence-corrected chi connectivity index (χ3v) is 2.60. The molecular formula is C13H18FN3O3. The number of ether oxygens (including phenoxy) is 1. The second kappa shape index (κ2) is 6.85. The minimum absolute atomic E-state index is 0.306. The summed E-state index contributed by atoms with van der Waals surface area (Å²) >= 11 is 0. The van der Waals surface area contributed by atoms with E-state index in [1.165, 1.54) is 32.2 Å². The Labute approximate surface area is 116 Å². The first-order valence-corrected chi connectivity index (χ1v) is 6.09. The van der Waals surface area contributed by atoms with Gasteiger partial charge in [0, 0.05) is 18.7 Å². The molecule has 1 rings (SSSR count). The summed E-state index contributed by atoms with van der Waals surface area (Å²) in [6, 6.07) is 2.79. The molecule has 1 aromatic carbocycles. The van der Waals surface area contributed by atoms with Gasteiger partial charge in [0.05, 0.1) is 0 Å². The Hall–Kier alpha value is -2.15. The van der Waals surface area contributed by atoms with E-state index < -0.39 is 29.9 Å². The summed E-state index contributed by atoms with van der Waals surface area (Å²) in [5.74, 6) is -0.739. The standard InChI is InChI=1S/C13H18FN3O3/c1-7(15)10-6-9(14)4-5-11(10)20-8(2)12(18)17-13(19)16-3/h4-8H,15H2,1-3H3,(H2,16,17,18,19)/t7-,8?/m0/s1. The zero-order chi connectivity index (χ0) is 15.3. The predicted octanol–water partition coefficient (Wildman–Crippen LogP) is 1.07. The second-order valence-electron chi connectivity index (χ2n) is 4.30. The number of amides is 3. The lowest BCUT2D eigenvalue weighted by atomic mass is 10.1. The normalized spacial score (nSPS) is 13.2. The number of imide groups is 1. The van der Waals surface area contributed by atoms with E-state index in [9.17, 15) is 14.0 Å². The molecule has 0 aliphatic carbocycles. The van der Waals surface area contributed by atoms with Crippen LogP contribution in [0.4, 0.5) is 9.18 Å². The number of nitrogens with one attached hydrogen (secondary N) is 2. The van der Waals surface area contributed by atoms with Crippen molar-refractivity contribution >= 4 is 11.9 Å². The molecule has 4 N–H and O–H groups in total. The lowest BCUT2D eigenvalue weighted by Crippen LogP contribution is -2.44. The average molecular weight is 283 g/mol. The van der Waals surface area contributed by atoms with E-state index in [0.717, 1.165) is 0 Å². The number of carbonyl (C=O) groups excluding carboxylic acids is 2. The molecule has 6 nitrogen and oxygen atoms in total. The average Bonchev–Trinajstić information content (AvgIpc) is 2.40. The van der Waals surface area contributed by atoms with Crippen LogP contribution < -0.4 is 21.1 Å². The summed E-state index contributed by atoms with van der Waals surface area (Å²) < 4.78 is 18.6. The highest BCUT2D eigenvalue weighted by Crippen LogP contribution is 2.25. The monoisotopic (exact) mass is 283 g/mol. The van der Waals surface area contributed by atoms with Gasteiger partial charge in [-0.3, -0.25) is 10.1 Å². The number of hydrogen-bond acceptors (Lipinski definition) is 4. The zero-order valence-corrected chi connectivity index (χ0v) is 11.6. The fourth-order valence-corrected chi connectivity index (χ4v) is 1.50. The predicted molar refractivity (Wildman–Crippen MR) is 71.7 cm³/mol. The van der Waals surface area contributed by atoms with Crippen LogP contribution >= 0.6 is 0 Å². The maximum atomic E-state index is 13.2. The molecule has 0 bridgehead atoms. The van der Waals surface area contributed by atoms with Crippen LogP contribution in [0.5, 0.6) is 5.75 Å². The van der Waals surface area contributed by atoms with Gasteiger partial charge in [-0.25, -0.2) is 9.18 Å². The maximum absolute atomic E-state index is 13.2. The van der Waals surface area contributed by atoms with Gasteiger partial charge in [0.2, 0.25) is 0 Å². The number of halogens is 1. The first-order chi connectivity index (χ1) is 9.35. The lowest BCUT2D eigenvalue weighted by Gasteiger charge is -2.18. The lowest BCUT2D eigenvalue weighted by molar-refractivity contribution is -0.126. The highest BCUT2D eigenvalue weighted by molar-refractivity contribution is 5.96. The summed E-state index contributed by atoms with van der Waals surface area (Å²) in [4.78, 5) is 22.7. The minimum Gasteiger partial charge on any atom is -0.481 e. The highest BCUT2D eigenvalue weighted by Gasteiger charge is 2.19. The van der Waals surface area contributed by atoms with Gasteiger partial charge in [-0.15, -0.1) is 0 Å². The van der Waals surface area contributed by atoms with Crippen molar-refractivity contribution in [3.05, 3.63) is 29.6 Å². The summed E-state index contributed by atoms with van der Waals surface area (Å²) in [6.07, 6.45) is -0.921. The smallest absolute Gasteiger partial charge is 0.321 e.